The maximum absolute atomic E-state index is 15.4. The first kappa shape index (κ1) is 32.6. The van der Waals surface area contributed by atoms with Crippen LogP contribution < -0.4 is 18.5 Å². The van der Waals surface area contributed by atoms with Crippen LogP contribution in [0.5, 0.6) is 17.2 Å². The van der Waals surface area contributed by atoms with Crippen molar-refractivity contribution in [1.82, 2.24) is 9.80 Å². The van der Waals surface area contributed by atoms with Gasteiger partial charge in [0.15, 0.2) is 5.54 Å². The minimum Gasteiger partial charge on any atom is -0.497 e. The van der Waals surface area contributed by atoms with Crippen molar-refractivity contribution in [2.45, 2.75) is 35.9 Å². The zero-order valence-corrected chi connectivity index (χ0v) is 27.5. The Morgan fingerprint density at radius 2 is 1.69 bits per heavy atom. The zero-order valence-electron chi connectivity index (χ0n) is 25.9. The fourth-order valence-electron chi connectivity index (χ4n) is 6.36. The number of hydrogen-bond acceptors (Lipinski definition) is 9. The number of likely N-dealkylation sites (tertiary alicyclic amines) is 1. The molecule has 0 radical (unpaired) electrons. The molecule has 3 aromatic carbocycles. The Morgan fingerprint density at radius 3 is 2.33 bits per heavy atom. The highest BCUT2D eigenvalue weighted by Crippen LogP contribution is 2.55. The molecule has 0 N–H and O–H groups in total. The number of para-hydroxylation sites is 1. The summed E-state index contributed by atoms with van der Waals surface area (Å²) >= 11 is 6.59. The van der Waals surface area contributed by atoms with E-state index < -0.39 is 33.6 Å². The van der Waals surface area contributed by atoms with Gasteiger partial charge in [-0.15, -0.1) is 0 Å². The standard InChI is InChI=1S/C32H36ClN3O8S/c1-7-44-22-17-26(30(37)34(2)3)35(19-22)32(23-10-8-9-11-27(23)42-5)24-16-20(33)12-14-25(24)36(31(32)38)45(39,40)29-15-13-21(41-4)18-28(29)43-6/h8-16,18,22,26H,7,17,19H2,1-6H3/t22-,26+,32?/m1/s1. The fourth-order valence-corrected chi connectivity index (χ4v) is 8.14. The third kappa shape index (κ3) is 5.19. The second-order valence-electron chi connectivity index (χ2n) is 10.9. The minimum atomic E-state index is -4.62. The predicted molar refractivity (Wildman–Crippen MR) is 169 cm³/mol. The van der Waals surface area contributed by atoms with E-state index in [4.69, 9.17) is 30.5 Å². The smallest absolute Gasteiger partial charge is 0.274 e. The van der Waals surface area contributed by atoms with Gasteiger partial charge in [-0.2, -0.15) is 0 Å². The second-order valence-corrected chi connectivity index (χ2v) is 13.1. The van der Waals surface area contributed by atoms with E-state index in [1.54, 1.807) is 49.3 Å². The van der Waals surface area contributed by atoms with Crippen molar-refractivity contribution in [2.24, 2.45) is 0 Å². The van der Waals surface area contributed by atoms with E-state index in [0.717, 1.165) is 4.31 Å². The van der Waals surface area contributed by atoms with Gasteiger partial charge in [0.2, 0.25) is 5.91 Å². The van der Waals surface area contributed by atoms with Crippen molar-refractivity contribution in [3.05, 3.63) is 76.8 Å². The highest BCUT2D eigenvalue weighted by molar-refractivity contribution is 7.93. The van der Waals surface area contributed by atoms with E-state index in [9.17, 15) is 13.2 Å². The summed E-state index contributed by atoms with van der Waals surface area (Å²) < 4.78 is 52.6. The van der Waals surface area contributed by atoms with Gasteiger partial charge in [-0.25, -0.2) is 12.7 Å². The SMILES string of the molecule is CCO[C@@H]1C[C@@H](C(=O)N(C)C)N(C2(c3ccccc3OC)C(=O)N(S(=O)(=O)c3ccc(OC)cc3OC)c3ccc(Cl)cc32)C1. The molecule has 45 heavy (non-hydrogen) atoms. The number of carbonyl (C=O) groups excluding carboxylic acids is 2. The van der Waals surface area contributed by atoms with Crippen LogP contribution in [-0.2, 0) is 29.9 Å². The van der Waals surface area contributed by atoms with Gasteiger partial charge in [-0.1, -0.05) is 29.8 Å². The van der Waals surface area contributed by atoms with Crippen LogP contribution in [0.3, 0.4) is 0 Å². The van der Waals surface area contributed by atoms with Crippen molar-refractivity contribution in [3.8, 4) is 17.2 Å². The normalized spacial score (nSPS) is 21.5. The molecule has 2 heterocycles. The molecule has 1 saturated heterocycles. The number of carbonyl (C=O) groups is 2. The van der Waals surface area contributed by atoms with Gasteiger partial charge in [0.1, 0.15) is 22.1 Å². The lowest BCUT2D eigenvalue weighted by Crippen LogP contribution is -2.59. The van der Waals surface area contributed by atoms with Crippen molar-refractivity contribution < 1.29 is 37.0 Å². The highest BCUT2D eigenvalue weighted by atomic mass is 35.5. The van der Waals surface area contributed by atoms with Crippen LogP contribution in [0.2, 0.25) is 5.02 Å². The van der Waals surface area contributed by atoms with E-state index in [0.29, 0.717) is 23.7 Å². The summed E-state index contributed by atoms with van der Waals surface area (Å²) in [5.41, 5.74) is -1.13. The van der Waals surface area contributed by atoms with Crippen LogP contribution in [0.15, 0.2) is 65.6 Å². The molecule has 2 aliphatic heterocycles. The van der Waals surface area contributed by atoms with E-state index in [2.05, 4.69) is 0 Å². The average molecular weight is 658 g/mol. The van der Waals surface area contributed by atoms with Crippen molar-refractivity contribution >= 4 is 39.1 Å². The minimum absolute atomic E-state index is 0.00861. The van der Waals surface area contributed by atoms with Gasteiger partial charge in [0.25, 0.3) is 15.9 Å². The molecule has 5 rings (SSSR count). The topological polar surface area (TPSA) is 115 Å². The van der Waals surface area contributed by atoms with Gasteiger partial charge in [-0.3, -0.25) is 14.5 Å². The Bertz CT molecular complexity index is 1730. The van der Waals surface area contributed by atoms with Crippen LogP contribution >= 0.6 is 11.6 Å². The number of halogens is 1. The van der Waals surface area contributed by atoms with Crippen molar-refractivity contribution in [3.63, 3.8) is 0 Å². The summed E-state index contributed by atoms with van der Waals surface area (Å²) in [4.78, 5) is 32.1. The Kier molecular flexibility index (Phi) is 9.05. The molecule has 11 nitrogen and oxygen atoms in total. The molecule has 3 aromatic rings. The summed E-state index contributed by atoms with van der Waals surface area (Å²) in [6, 6.07) is 14.9. The first-order chi connectivity index (χ1) is 21.5. The second kappa shape index (κ2) is 12.5. The summed E-state index contributed by atoms with van der Waals surface area (Å²) in [6.45, 7) is 2.39. The van der Waals surface area contributed by atoms with Crippen LogP contribution in [0.1, 0.15) is 24.5 Å². The summed E-state index contributed by atoms with van der Waals surface area (Å²) in [6.07, 6.45) is -0.137. The third-order valence-electron chi connectivity index (χ3n) is 8.27. The number of amides is 2. The zero-order chi connectivity index (χ0) is 32.7. The number of likely N-dealkylation sites (N-methyl/N-ethyl adjacent to an activating group) is 1. The van der Waals surface area contributed by atoms with Crippen molar-refractivity contribution in [2.75, 3.05) is 52.9 Å². The van der Waals surface area contributed by atoms with E-state index in [1.807, 2.05) is 6.92 Å². The Morgan fingerprint density at radius 1 is 0.978 bits per heavy atom. The predicted octanol–water partition coefficient (Wildman–Crippen LogP) is 3.91. The quantitative estimate of drug-likeness (QED) is 0.320. The number of ether oxygens (including phenoxy) is 4. The lowest BCUT2D eigenvalue weighted by Gasteiger charge is -2.42. The highest BCUT2D eigenvalue weighted by Gasteiger charge is 2.64. The molecule has 3 atom stereocenters. The summed E-state index contributed by atoms with van der Waals surface area (Å²) in [5, 5.41) is 0.276. The van der Waals surface area contributed by atoms with Crippen molar-refractivity contribution in [1.29, 1.82) is 0 Å². The molecular weight excluding hydrogens is 622 g/mol. The molecule has 1 unspecified atom stereocenters. The van der Waals surface area contributed by atoms with Crippen LogP contribution in [0.25, 0.3) is 0 Å². The number of methoxy groups -OCH3 is 3. The molecule has 2 aliphatic rings. The lowest BCUT2D eigenvalue weighted by molar-refractivity contribution is -0.138. The molecule has 13 heteroatoms. The maximum atomic E-state index is 15.4. The molecule has 0 bridgehead atoms. The van der Waals surface area contributed by atoms with Crippen LogP contribution in [-0.4, -0.2) is 90.8 Å². The largest absolute Gasteiger partial charge is 0.497 e. The van der Waals surface area contributed by atoms with Gasteiger partial charge >= 0.3 is 0 Å². The summed E-state index contributed by atoms with van der Waals surface area (Å²) in [5.74, 6) is -0.394. The monoisotopic (exact) mass is 657 g/mol. The number of fused-ring (bicyclic) bond motifs is 1. The molecular formula is C32H36ClN3O8S. The van der Waals surface area contributed by atoms with Crippen LogP contribution in [0.4, 0.5) is 5.69 Å². The number of benzene rings is 3. The number of anilines is 1. The maximum Gasteiger partial charge on any atom is 0.274 e. The van der Waals surface area contributed by atoms with Gasteiger partial charge in [-0.05, 0) is 49.7 Å². The number of rotatable bonds is 10. The Balaban J connectivity index is 1.86. The molecule has 0 saturated carbocycles. The van der Waals surface area contributed by atoms with Gasteiger partial charge in [0.05, 0.1) is 39.2 Å². The molecule has 240 valence electrons. The third-order valence-corrected chi connectivity index (χ3v) is 10.2. The molecule has 0 aliphatic carbocycles. The molecule has 1 fully saturated rings. The van der Waals surface area contributed by atoms with E-state index >= 15 is 4.79 Å². The molecule has 2 amide bonds. The molecule has 0 spiro atoms. The lowest BCUT2D eigenvalue weighted by atomic mass is 9.80. The Labute approximate surface area is 268 Å². The van der Waals surface area contributed by atoms with E-state index in [-0.39, 0.29) is 45.8 Å². The first-order valence-electron chi connectivity index (χ1n) is 14.3. The van der Waals surface area contributed by atoms with Gasteiger partial charge < -0.3 is 23.8 Å². The first-order valence-corrected chi connectivity index (χ1v) is 16.1. The Hall–Kier alpha value is -3.84. The number of hydrogen-bond donors (Lipinski definition) is 0. The number of nitrogens with zero attached hydrogens (tertiary/aromatic N) is 3. The van der Waals surface area contributed by atoms with Gasteiger partial charge in [0, 0.05) is 49.5 Å². The van der Waals surface area contributed by atoms with Crippen LogP contribution in [0, 0.1) is 0 Å². The molecule has 0 aromatic heterocycles. The fraction of sp³-hybridized carbons (Fsp3) is 0.375. The average Bonchev–Trinajstić information content (AvgIpc) is 3.56. The van der Waals surface area contributed by atoms with E-state index in [1.165, 1.54) is 56.6 Å². The number of sulfonamides is 1. The summed E-state index contributed by atoms with van der Waals surface area (Å²) in [7, 11) is 2.91.